The molecule has 1 atom stereocenters. The zero-order valence-corrected chi connectivity index (χ0v) is 7.45. The lowest BCUT2D eigenvalue weighted by Gasteiger charge is -2.10. The third kappa shape index (κ3) is 5.10. The molecule has 1 aliphatic rings. The minimum atomic E-state index is -4.03. The van der Waals surface area contributed by atoms with Gasteiger partial charge in [-0.2, -0.15) is 13.2 Å². The van der Waals surface area contributed by atoms with Crippen LogP contribution in [0.15, 0.2) is 0 Å². The molecule has 0 radical (unpaired) electrons. The van der Waals surface area contributed by atoms with E-state index >= 15 is 0 Å². The van der Waals surface area contributed by atoms with Crippen molar-refractivity contribution < 1.29 is 13.2 Å². The van der Waals surface area contributed by atoms with Gasteiger partial charge in [0.05, 0.1) is 6.42 Å². The lowest BCUT2D eigenvalue weighted by molar-refractivity contribution is -0.133. The van der Waals surface area contributed by atoms with Gasteiger partial charge >= 0.3 is 6.18 Å². The van der Waals surface area contributed by atoms with E-state index < -0.39 is 12.6 Å². The molecule has 0 aromatic rings. The number of alkyl halides is 3. The smallest absolute Gasteiger partial charge is 0.316 e. The summed E-state index contributed by atoms with van der Waals surface area (Å²) in [6.45, 7) is 2.66. The SMILES string of the molecule is FC(F)(F)CCNCC1CCNC1. The summed E-state index contributed by atoms with van der Waals surface area (Å²) >= 11 is 0. The maximum absolute atomic E-state index is 11.7. The molecule has 1 heterocycles. The molecule has 1 aliphatic heterocycles. The van der Waals surface area contributed by atoms with Gasteiger partial charge in [-0.15, -0.1) is 0 Å². The van der Waals surface area contributed by atoms with E-state index in [-0.39, 0.29) is 6.54 Å². The van der Waals surface area contributed by atoms with Gasteiger partial charge in [0.15, 0.2) is 0 Å². The summed E-state index contributed by atoms with van der Waals surface area (Å²) in [6.07, 6.45) is -3.69. The fraction of sp³-hybridized carbons (Fsp3) is 1.00. The van der Waals surface area contributed by atoms with Crippen molar-refractivity contribution in [3.8, 4) is 0 Å². The van der Waals surface area contributed by atoms with Gasteiger partial charge in [0.1, 0.15) is 0 Å². The van der Waals surface area contributed by atoms with Crippen LogP contribution in [-0.2, 0) is 0 Å². The summed E-state index contributed by atoms with van der Waals surface area (Å²) in [5.41, 5.74) is 0. The standard InChI is InChI=1S/C8H15F3N2/c9-8(10,11)2-4-13-6-7-1-3-12-5-7/h7,12-13H,1-6H2. The molecule has 13 heavy (non-hydrogen) atoms. The van der Waals surface area contributed by atoms with E-state index in [0.717, 1.165) is 19.5 Å². The van der Waals surface area contributed by atoms with Crippen molar-refractivity contribution in [2.45, 2.75) is 19.0 Å². The van der Waals surface area contributed by atoms with E-state index in [1.165, 1.54) is 0 Å². The Kier molecular flexibility index (Phi) is 3.99. The maximum Gasteiger partial charge on any atom is 0.390 e. The van der Waals surface area contributed by atoms with Gasteiger partial charge in [0, 0.05) is 6.54 Å². The van der Waals surface area contributed by atoms with Crippen LogP contribution in [-0.4, -0.2) is 32.4 Å². The van der Waals surface area contributed by atoms with E-state index in [2.05, 4.69) is 10.6 Å². The molecule has 1 saturated heterocycles. The number of hydrogen-bond donors (Lipinski definition) is 2. The number of nitrogens with one attached hydrogen (secondary N) is 2. The molecule has 1 rings (SSSR count). The average Bonchev–Trinajstić information content (AvgIpc) is 2.48. The van der Waals surface area contributed by atoms with Gasteiger partial charge in [-0.25, -0.2) is 0 Å². The Morgan fingerprint density at radius 2 is 2.15 bits per heavy atom. The third-order valence-electron chi connectivity index (χ3n) is 2.18. The second-order valence-electron chi connectivity index (χ2n) is 3.43. The van der Waals surface area contributed by atoms with E-state index in [0.29, 0.717) is 12.5 Å². The first-order chi connectivity index (χ1) is 6.08. The average molecular weight is 196 g/mol. The first-order valence-electron chi connectivity index (χ1n) is 4.56. The Bertz CT molecular complexity index is 141. The topological polar surface area (TPSA) is 24.1 Å². The van der Waals surface area contributed by atoms with Gasteiger partial charge < -0.3 is 10.6 Å². The van der Waals surface area contributed by atoms with Crippen LogP contribution in [0.5, 0.6) is 0 Å². The van der Waals surface area contributed by atoms with Crippen molar-refractivity contribution in [1.82, 2.24) is 10.6 Å². The fourth-order valence-electron chi connectivity index (χ4n) is 1.42. The van der Waals surface area contributed by atoms with Crippen LogP contribution in [0.25, 0.3) is 0 Å². The molecule has 1 fully saturated rings. The summed E-state index contributed by atoms with van der Waals surface area (Å²) in [5, 5.41) is 5.99. The Hall–Kier alpha value is -0.290. The zero-order chi connectivity index (χ0) is 9.73. The molecule has 0 bridgehead atoms. The van der Waals surface area contributed by atoms with Crippen LogP contribution in [0.1, 0.15) is 12.8 Å². The van der Waals surface area contributed by atoms with Gasteiger partial charge in [-0.1, -0.05) is 0 Å². The molecule has 0 amide bonds. The predicted octanol–water partition coefficient (Wildman–Crippen LogP) is 1.14. The Morgan fingerprint density at radius 1 is 1.38 bits per heavy atom. The second kappa shape index (κ2) is 4.81. The van der Waals surface area contributed by atoms with E-state index in [1.54, 1.807) is 0 Å². The summed E-state index contributed by atoms with van der Waals surface area (Å²) in [7, 11) is 0. The van der Waals surface area contributed by atoms with Crippen molar-refractivity contribution in [3.05, 3.63) is 0 Å². The first kappa shape index (κ1) is 10.8. The lowest BCUT2D eigenvalue weighted by atomic mass is 10.1. The largest absolute Gasteiger partial charge is 0.390 e. The normalized spacial score (nSPS) is 23.8. The quantitative estimate of drug-likeness (QED) is 0.659. The summed E-state index contributed by atoms with van der Waals surface area (Å²) in [6, 6.07) is 0. The van der Waals surface area contributed by atoms with E-state index in [9.17, 15) is 13.2 Å². The molecule has 2 nitrogen and oxygen atoms in total. The fourth-order valence-corrected chi connectivity index (χ4v) is 1.42. The van der Waals surface area contributed by atoms with Crippen molar-refractivity contribution >= 4 is 0 Å². The molecule has 0 aromatic carbocycles. The Balaban J connectivity index is 1.94. The van der Waals surface area contributed by atoms with Crippen LogP contribution in [0.4, 0.5) is 13.2 Å². The minimum absolute atomic E-state index is 0.0417. The van der Waals surface area contributed by atoms with Crippen molar-refractivity contribution in [2.24, 2.45) is 5.92 Å². The molecule has 78 valence electrons. The van der Waals surface area contributed by atoms with Gasteiger partial charge in [0.2, 0.25) is 0 Å². The van der Waals surface area contributed by atoms with Crippen molar-refractivity contribution in [3.63, 3.8) is 0 Å². The Labute approximate surface area is 75.9 Å². The first-order valence-corrected chi connectivity index (χ1v) is 4.56. The van der Waals surface area contributed by atoms with Gasteiger partial charge in [-0.05, 0) is 32.0 Å². The third-order valence-corrected chi connectivity index (χ3v) is 2.18. The van der Waals surface area contributed by atoms with Crippen LogP contribution >= 0.6 is 0 Å². The second-order valence-corrected chi connectivity index (χ2v) is 3.43. The van der Waals surface area contributed by atoms with Crippen LogP contribution in [0.3, 0.4) is 0 Å². The van der Waals surface area contributed by atoms with Crippen LogP contribution in [0.2, 0.25) is 0 Å². The highest BCUT2D eigenvalue weighted by Gasteiger charge is 2.26. The van der Waals surface area contributed by atoms with Crippen LogP contribution < -0.4 is 10.6 Å². The highest BCUT2D eigenvalue weighted by Crippen LogP contribution is 2.18. The number of halogens is 3. The Morgan fingerprint density at radius 3 is 2.69 bits per heavy atom. The maximum atomic E-state index is 11.7. The summed E-state index contributed by atoms with van der Waals surface area (Å²) in [5.74, 6) is 0.508. The zero-order valence-electron chi connectivity index (χ0n) is 7.45. The molecule has 0 spiro atoms. The highest BCUT2D eigenvalue weighted by molar-refractivity contribution is 4.73. The number of hydrogen-bond acceptors (Lipinski definition) is 2. The molecular formula is C8H15F3N2. The molecule has 2 N–H and O–H groups in total. The van der Waals surface area contributed by atoms with Crippen LogP contribution in [0, 0.1) is 5.92 Å². The molecule has 0 aromatic heterocycles. The van der Waals surface area contributed by atoms with E-state index in [4.69, 9.17) is 0 Å². The summed E-state index contributed by atoms with van der Waals surface area (Å²) < 4.78 is 35.1. The molecule has 0 aliphatic carbocycles. The minimum Gasteiger partial charge on any atom is -0.316 e. The summed E-state index contributed by atoms with van der Waals surface area (Å²) in [4.78, 5) is 0. The van der Waals surface area contributed by atoms with Gasteiger partial charge in [0.25, 0.3) is 0 Å². The number of rotatable bonds is 4. The van der Waals surface area contributed by atoms with E-state index in [1.807, 2.05) is 0 Å². The molecule has 5 heteroatoms. The molecular weight excluding hydrogens is 181 g/mol. The highest BCUT2D eigenvalue weighted by atomic mass is 19.4. The van der Waals surface area contributed by atoms with Crippen molar-refractivity contribution in [1.29, 1.82) is 0 Å². The van der Waals surface area contributed by atoms with Crippen molar-refractivity contribution in [2.75, 3.05) is 26.2 Å². The predicted molar refractivity (Wildman–Crippen MR) is 44.5 cm³/mol. The lowest BCUT2D eigenvalue weighted by Crippen LogP contribution is -2.28. The molecule has 1 unspecified atom stereocenters. The molecule has 0 saturated carbocycles. The van der Waals surface area contributed by atoms with Gasteiger partial charge in [-0.3, -0.25) is 0 Å². The monoisotopic (exact) mass is 196 g/mol.